The Labute approximate surface area is 73.4 Å². The fourth-order valence-corrected chi connectivity index (χ4v) is 0.332. The lowest BCUT2D eigenvalue weighted by Gasteiger charge is -2.17. The van der Waals surface area contributed by atoms with Gasteiger partial charge >= 0.3 is 0 Å². The number of nitrogens with two attached hydrogens (primary N) is 1. The van der Waals surface area contributed by atoms with Crippen LogP contribution in [0.25, 0.3) is 0 Å². The van der Waals surface area contributed by atoms with E-state index < -0.39 is 10.2 Å². The maximum Gasteiger partial charge on any atom is 0.0942 e. The van der Waals surface area contributed by atoms with Gasteiger partial charge in [-0.15, -0.1) is 10.2 Å². The van der Waals surface area contributed by atoms with Gasteiger partial charge in [0.25, 0.3) is 0 Å². The molecule has 72 valence electrons. The van der Waals surface area contributed by atoms with E-state index in [-0.39, 0.29) is 0 Å². The van der Waals surface area contributed by atoms with Crippen molar-refractivity contribution in [3.05, 3.63) is 25.3 Å². The number of hydrogen-bond donors (Lipinski definition) is 1. The van der Waals surface area contributed by atoms with Gasteiger partial charge in [-0.05, 0) is 12.2 Å². The normalized spacial score (nSPS) is 9.67. The highest BCUT2D eigenvalue weighted by Crippen LogP contribution is 1.49. The second kappa shape index (κ2) is 8.66. The van der Waals surface area contributed by atoms with E-state index in [1.165, 1.54) is 0 Å². The maximum atomic E-state index is 8.49. The average molecular weight is 198 g/mol. The monoisotopic (exact) mass is 197 g/mol. The molecule has 0 radical (unpaired) electrons. The fraction of sp³-hybridized carbons (Fsp3) is 0.333. The molecule has 0 aromatic rings. The van der Waals surface area contributed by atoms with Crippen LogP contribution in [0.5, 0.6) is 0 Å². The Balaban J connectivity index is 0. The summed E-state index contributed by atoms with van der Waals surface area (Å²) in [6.07, 6.45) is 3.76. The van der Waals surface area contributed by atoms with Gasteiger partial charge in [-0.1, -0.05) is 13.2 Å². The topological polar surface area (TPSA) is 109 Å². The highest BCUT2D eigenvalue weighted by Gasteiger charge is 1.84. The summed E-state index contributed by atoms with van der Waals surface area (Å²) in [5.41, 5.74) is 0. The summed E-state index contributed by atoms with van der Waals surface area (Å²) in [6.45, 7) is 9.12. The fourth-order valence-electron chi connectivity index (χ4n) is 0.332. The predicted molar refractivity (Wildman–Crippen MR) is 32.1 cm³/mol. The number of halogens is 1. The van der Waals surface area contributed by atoms with E-state index in [1.807, 2.05) is 12.2 Å². The molecular weight excluding hydrogens is 186 g/mol. The van der Waals surface area contributed by atoms with Crippen molar-refractivity contribution in [1.29, 1.82) is 0 Å². The quantitative estimate of drug-likeness (QED) is 0.360. The molecule has 0 bridgehead atoms. The molecule has 0 unspecified atom stereocenters. The second-order valence-electron chi connectivity index (χ2n) is 1.72. The predicted octanol–water partition coefficient (Wildman–Crippen LogP) is -4.83. The lowest BCUT2D eigenvalue weighted by atomic mass is 10.5. The Morgan fingerprint density at radius 2 is 1.25 bits per heavy atom. The average Bonchev–Trinajstić information content (AvgIpc) is 1.85. The Hall–Kier alpha value is -0.430. The lowest BCUT2D eigenvalue weighted by Crippen LogP contribution is -2.83. The van der Waals surface area contributed by atoms with Crippen molar-refractivity contribution in [2.24, 2.45) is 0 Å². The first-order chi connectivity index (χ1) is 5.41. The van der Waals surface area contributed by atoms with E-state index in [9.17, 15) is 0 Å². The third-order valence-electron chi connectivity index (χ3n) is 0.667. The van der Waals surface area contributed by atoms with Crippen LogP contribution in [0, 0.1) is 10.2 Å². The summed E-state index contributed by atoms with van der Waals surface area (Å²) in [4.78, 5) is 0. The molecule has 0 atom stereocenters. The molecule has 0 aliphatic rings. The van der Waals surface area contributed by atoms with Crippen LogP contribution in [-0.2, 0) is 0 Å². The summed E-state index contributed by atoms with van der Waals surface area (Å²) in [5.74, 6) is 0. The van der Waals surface area contributed by atoms with Crippen molar-refractivity contribution in [3.8, 4) is 0 Å². The standard InChI is InChI=1S/C6H11N.ClHO4/c1-3-5-7-6-4-2;2-1(3,4)5/h3-4,7H,1-2,5-6H2;(H,2,3,4,5). The van der Waals surface area contributed by atoms with Crippen molar-refractivity contribution >= 4 is 0 Å². The van der Waals surface area contributed by atoms with Gasteiger partial charge in [0.15, 0.2) is 0 Å². The van der Waals surface area contributed by atoms with E-state index in [4.69, 9.17) is 18.6 Å². The highest BCUT2D eigenvalue weighted by atomic mass is 35.7. The van der Waals surface area contributed by atoms with Gasteiger partial charge in [0.2, 0.25) is 0 Å². The Bertz CT molecular complexity index is 109. The van der Waals surface area contributed by atoms with Gasteiger partial charge in [-0.25, -0.2) is 18.6 Å². The van der Waals surface area contributed by atoms with E-state index in [1.54, 1.807) is 0 Å². The molecule has 12 heavy (non-hydrogen) atoms. The van der Waals surface area contributed by atoms with E-state index in [0.29, 0.717) is 0 Å². The summed E-state index contributed by atoms with van der Waals surface area (Å²) >= 11 is 0. The summed E-state index contributed by atoms with van der Waals surface area (Å²) in [7, 11) is -4.94. The molecule has 0 aliphatic carbocycles. The molecule has 0 saturated heterocycles. The van der Waals surface area contributed by atoms with E-state index >= 15 is 0 Å². The minimum absolute atomic E-state index is 0.992. The molecule has 0 aromatic heterocycles. The molecular formula is C6H12ClNO4. The van der Waals surface area contributed by atoms with Gasteiger partial charge in [0, 0.05) is 0 Å². The van der Waals surface area contributed by atoms with Crippen LogP contribution >= 0.6 is 0 Å². The van der Waals surface area contributed by atoms with Crippen LogP contribution < -0.4 is 24.0 Å². The summed E-state index contributed by atoms with van der Waals surface area (Å²) in [6, 6.07) is 0. The molecule has 0 heterocycles. The number of hydrogen-bond acceptors (Lipinski definition) is 4. The Morgan fingerprint density at radius 1 is 1.00 bits per heavy atom. The van der Waals surface area contributed by atoms with Crippen molar-refractivity contribution < 1.29 is 34.2 Å². The molecule has 2 N–H and O–H groups in total. The summed E-state index contributed by atoms with van der Waals surface area (Å²) < 4.78 is 34.0. The first-order valence-electron chi connectivity index (χ1n) is 3.07. The third kappa shape index (κ3) is 55.1. The second-order valence-corrected chi connectivity index (χ2v) is 2.47. The minimum Gasteiger partial charge on any atom is -0.340 e. The number of rotatable bonds is 4. The Kier molecular flexibility index (Phi) is 10.2. The SMILES string of the molecule is C=CC[NH2+]CC=C.[O-][Cl+3]([O-])([O-])[O-]. The highest BCUT2D eigenvalue weighted by molar-refractivity contribution is 4.65. The lowest BCUT2D eigenvalue weighted by molar-refractivity contribution is -2.00. The van der Waals surface area contributed by atoms with Crippen LogP contribution in [0.2, 0.25) is 0 Å². The molecule has 0 aromatic carbocycles. The van der Waals surface area contributed by atoms with Crippen molar-refractivity contribution in [1.82, 2.24) is 0 Å². The van der Waals surface area contributed by atoms with Crippen LogP contribution in [0.15, 0.2) is 25.3 Å². The summed E-state index contributed by atoms with van der Waals surface area (Å²) in [5, 5.41) is 2.12. The van der Waals surface area contributed by atoms with Crippen molar-refractivity contribution in [2.75, 3.05) is 13.1 Å². The van der Waals surface area contributed by atoms with Gasteiger partial charge in [-0.2, -0.15) is 0 Å². The van der Waals surface area contributed by atoms with E-state index in [2.05, 4.69) is 18.5 Å². The van der Waals surface area contributed by atoms with Crippen LogP contribution in [0.3, 0.4) is 0 Å². The zero-order valence-corrected chi connectivity index (χ0v) is 7.33. The van der Waals surface area contributed by atoms with Gasteiger partial charge in [0.1, 0.15) is 0 Å². The first-order valence-corrected chi connectivity index (χ1v) is 4.30. The number of quaternary nitrogens is 1. The largest absolute Gasteiger partial charge is 0.340 e. The first kappa shape index (κ1) is 14.1. The molecule has 0 aliphatic heterocycles. The molecule has 5 nitrogen and oxygen atoms in total. The molecule has 0 fully saturated rings. The van der Waals surface area contributed by atoms with E-state index in [0.717, 1.165) is 13.1 Å². The molecule has 6 heteroatoms. The van der Waals surface area contributed by atoms with Crippen molar-refractivity contribution in [2.45, 2.75) is 0 Å². The molecule has 0 spiro atoms. The maximum absolute atomic E-state index is 8.49. The van der Waals surface area contributed by atoms with Crippen molar-refractivity contribution in [3.63, 3.8) is 0 Å². The third-order valence-corrected chi connectivity index (χ3v) is 0.667. The smallest absolute Gasteiger partial charge is 0.0942 e. The zero-order chi connectivity index (χ0) is 10.0. The molecule has 0 amide bonds. The van der Waals surface area contributed by atoms with Gasteiger partial charge in [-0.3, -0.25) is 0 Å². The molecule has 0 saturated carbocycles. The van der Waals surface area contributed by atoms with Crippen LogP contribution in [0.4, 0.5) is 0 Å². The minimum atomic E-state index is -4.94. The van der Waals surface area contributed by atoms with Gasteiger partial charge in [0.05, 0.1) is 13.1 Å². The van der Waals surface area contributed by atoms with Crippen LogP contribution in [0.1, 0.15) is 0 Å². The van der Waals surface area contributed by atoms with Gasteiger partial charge < -0.3 is 5.32 Å². The Morgan fingerprint density at radius 3 is 1.42 bits per heavy atom. The zero-order valence-electron chi connectivity index (χ0n) is 6.57. The molecule has 0 rings (SSSR count). The van der Waals surface area contributed by atoms with Crippen LogP contribution in [-0.4, -0.2) is 13.1 Å².